The van der Waals surface area contributed by atoms with Gasteiger partial charge in [0.25, 0.3) is 0 Å². The first-order valence-corrected chi connectivity index (χ1v) is 6.33. The van der Waals surface area contributed by atoms with Crippen molar-refractivity contribution in [2.45, 2.75) is 13.0 Å². The predicted octanol–water partition coefficient (Wildman–Crippen LogP) is 3.13. The van der Waals surface area contributed by atoms with Crippen LogP contribution in [0.3, 0.4) is 0 Å². The van der Waals surface area contributed by atoms with Crippen LogP contribution in [0, 0.1) is 0 Å². The summed E-state index contributed by atoms with van der Waals surface area (Å²) in [6.07, 6.45) is 1.86. The zero-order valence-electron chi connectivity index (χ0n) is 9.67. The number of carbonyl (C=O) groups is 1. The number of pyridine rings is 1. The molecular formula is C14H12BrNO2. The van der Waals surface area contributed by atoms with Gasteiger partial charge in [0.2, 0.25) is 0 Å². The first kappa shape index (κ1) is 12.8. The Bertz CT molecular complexity index is 511. The Hall–Kier alpha value is -1.68. The lowest BCUT2D eigenvalue weighted by atomic mass is 10.2. The standard InChI is InChI=1S/C14H12BrNO2/c15-12-6-7-13(16-9-12)8-14(17)18-10-11-4-2-1-3-5-11/h1-7,9H,8,10H2. The smallest absolute Gasteiger partial charge is 0.312 e. The minimum atomic E-state index is -0.270. The van der Waals surface area contributed by atoms with E-state index in [4.69, 9.17) is 4.74 Å². The Balaban J connectivity index is 1.84. The summed E-state index contributed by atoms with van der Waals surface area (Å²) in [5.41, 5.74) is 1.69. The largest absolute Gasteiger partial charge is 0.461 e. The molecular weight excluding hydrogens is 294 g/mol. The molecule has 0 fully saturated rings. The van der Waals surface area contributed by atoms with Crippen molar-refractivity contribution in [3.05, 3.63) is 64.4 Å². The molecule has 0 atom stereocenters. The zero-order chi connectivity index (χ0) is 12.8. The lowest BCUT2D eigenvalue weighted by Gasteiger charge is -2.04. The van der Waals surface area contributed by atoms with Crippen LogP contribution < -0.4 is 0 Å². The van der Waals surface area contributed by atoms with Crippen molar-refractivity contribution >= 4 is 21.9 Å². The molecule has 0 aliphatic carbocycles. The van der Waals surface area contributed by atoms with Gasteiger partial charge in [-0.05, 0) is 33.6 Å². The van der Waals surface area contributed by atoms with E-state index in [1.54, 1.807) is 12.3 Å². The molecule has 18 heavy (non-hydrogen) atoms. The Morgan fingerprint density at radius 2 is 1.94 bits per heavy atom. The quantitative estimate of drug-likeness (QED) is 0.815. The van der Waals surface area contributed by atoms with Gasteiger partial charge in [0.05, 0.1) is 12.1 Å². The molecule has 3 nitrogen and oxygen atoms in total. The lowest BCUT2D eigenvalue weighted by Crippen LogP contribution is -2.08. The van der Waals surface area contributed by atoms with E-state index in [1.165, 1.54) is 0 Å². The van der Waals surface area contributed by atoms with E-state index >= 15 is 0 Å². The monoisotopic (exact) mass is 305 g/mol. The summed E-state index contributed by atoms with van der Waals surface area (Å²) < 4.78 is 6.06. The van der Waals surface area contributed by atoms with Crippen molar-refractivity contribution in [3.8, 4) is 0 Å². The number of halogens is 1. The molecule has 0 unspecified atom stereocenters. The molecule has 2 rings (SSSR count). The highest BCUT2D eigenvalue weighted by atomic mass is 79.9. The van der Waals surface area contributed by atoms with E-state index in [-0.39, 0.29) is 12.4 Å². The minimum absolute atomic E-state index is 0.195. The van der Waals surface area contributed by atoms with Crippen molar-refractivity contribution in [1.82, 2.24) is 4.98 Å². The fourth-order valence-electron chi connectivity index (χ4n) is 1.45. The predicted molar refractivity (Wildman–Crippen MR) is 71.9 cm³/mol. The van der Waals surface area contributed by atoms with Crippen LogP contribution in [0.25, 0.3) is 0 Å². The van der Waals surface area contributed by atoms with Gasteiger partial charge in [-0.1, -0.05) is 30.3 Å². The normalized spacial score (nSPS) is 10.1. The van der Waals surface area contributed by atoms with Gasteiger partial charge in [0.15, 0.2) is 0 Å². The van der Waals surface area contributed by atoms with Crippen LogP contribution in [0.15, 0.2) is 53.1 Å². The number of carbonyl (C=O) groups excluding carboxylic acids is 1. The second kappa shape index (κ2) is 6.31. The fraction of sp³-hybridized carbons (Fsp3) is 0.143. The molecule has 1 aromatic carbocycles. The highest BCUT2D eigenvalue weighted by molar-refractivity contribution is 9.10. The Kier molecular flexibility index (Phi) is 4.47. The Labute approximate surface area is 114 Å². The average Bonchev–Trinajstić information content (AvgIpc) is 2.40. The number of hydrogen-bond acceptors (Lipinski definition) is 3. The highest BCUT2D eigenvalue weighted by Crippen LogP contribution is 2.08. The third kappa shape index (κ3) is 3.96. The zero-order valence-corrected chi connectivity index (χ0v) is 11.3. The number of esters is 1. The van der Waals surface area contributed by atoms with E-state index in [0.717, 1.165) is 10.0 Å². The van der Waals surface area contributed by atoms with Gasteiger partial charge >= 0.3 is 5.97 Å². The molecule has 0 aliphatic rings. The topological polar surface area (TPSA) is 39.2 Å². The number of benzene rings is 1. The Morgan fingerprint density at radius 3 is 2.61 bits per heavy atom. The molecule has 1 heterocycles. The molecule has 0 spiro atoms. The molecule has 0 amide bonds. The molecule has 0 bridgehead atoms. The lowest BCUT2D eigenvalue weighted by molar-refractivity contribution is -0.144. The number of nitrogens with zero attached hydrogens (tertiary/aromatic N) is 1. The first-order chi connectivity index (χ1) is 8.74. The van der Waals surface area contributed by atoms with Gasteiger partial charge < -0.3 is 4.74 Å². The summed E-state index contributed by atoms with van der Waals surface area (Å²) >= 11 is 3.29. The maximum Gasteiger partial charge on any atom is 0.312 e. The van der Waals surface area contributed by atoms with E-state index in [0.29, 0.717) is 12.3 Å². The second-order valence-corrected chi connectivity index (χ2v) is 4.71. The number of hydrogen-bond donors (Lipinski definition) is 0. The summed E-state index contributed by atoms with van der Waals surface area (Å²) in [6, 6.07) is 13.3. The van der Waals surface area contributed by atoms with Crippen molar-refractivity contribution in [2.75, 3.05) is 0 Å². The van der Waals surface area contributed by atoms with Gasteiger partial charge in [-0.2, -0.15) is 0 Å². The minimum Gasteiger partial charge on any atom is -0.461 e. The molecule has 1 aromatic heterocycles. The number of aromatic nitrogens is 1. The first-order valence-electron chi connectivity index (χ1n) is 5.54. The van der Waals surface area contributed by atoms with Crippen LogP contribution in [0.5, 0.6) is 0 Å². The van der Waals surface area contributed by atoms with Crippen molar-refractivity contribution in [1.29, 1.82) is 0 Å². The third-order valence-electron chi connectivity index (χ3n) is 2.36. The molecule has 0 N–H and O–H groups in total. The third-order valence-corrected chi connectivity index (χ3v) is 2.83. The summed E-state index contributed by atoms with van der Waals surface area (Å²) in [5.74, 6) is -0.270. The van der Waals surface area contributed by atoms with Crippen molar-refractivity contribution in [2.24, 2.45) is 0 Å². The summed E-state index contributed by atoms with van der Waals surface area (Å²) in [6.45, 7) is 0.302. The number of rotatable bonds is 4. The van der Waals surface area contributed by atoms with Gasteiger partial charge in [-0.25, -0.2) is 0 Å². The number of ether oxygens (including phenoxy) is 1. The second-order valence-electron chi connectivity index (χ2n) is 3.79. The van der Waals surface area contributed by atoms with Gasteiger partial charge in [0, 0.05) is 10.7 Å². The van der Waals surface area contributed by atoms with E-state index in [1.807, 2.05) is 36.4 Å². The van der Waals surface area contributed by atoms with Gasteiger partial charge in [0.1, 0.15) is 6.61 Å². The maximum absolute atomic E-state index is 11.6. The average molecular weight is 306 g/mol. The summed E-state index contributed by atoms with van der Waals surface area (Å²) in [4.78, 5) is 15.7. The molecule has 0 radical (unpaired) electrons. The molecule has 92 valence electrons. The van der Waals surface area contributed by atoms with Gasteiger partial charge in [-0.15, -0.1) is 0 Å². The van der Waals surface area contributed by atoms with Crippen LogP contribution in [-0.4, -0.2) is 11.0 Å². The molecule has 0 aliphatic heterocycles. The fourth-order valence-corrected chi connectivity index (χ4v) is 1.68. The van der Waals surface area contributed by atoms with Crippen LogP contribution in [0.1, 0.15) is 11.3 Å². The summed E-state index contributed by atoms with van der Waals surface area (Å²) in [5, 5.41) is 0. The van der Waals surface area contributed by atoms with E-state index < -0.39 is 0 Å². The maximum atomic E-state index is 11.6. The van der Waals surface area contributed by atoms with Crippen LogP contribution in [-0.2, 0) is 22.6 Å². The molecule has 0 saturated carbocycles. The molecule has 0 saturated heterocycles. The molecule has 2 aromatic rings. The Morgan fingerprint density at radius 1 is 1.17 bits per heavy atom. The van der Waals surface area contributed by atoms with E-state index in [2.05, 4.69) is 20.9 Å². The van der Waals surface area contributed by atoms with Crippen LogP contribution in [0.2, 0.25) is 0 Å². The molecule has 4 heteroatoms. The van der Waals surface area contributed by atoms with Crippen molar-refractivity contribution in [3.63, 3.8) is 0 Å². The van der Waals surface area contributed by atoms with Crippen LogP contribution in [0.4, 0.5) is 0 Å². The van der Waals surface area contributed by atoms with Gasteiger partial charge in [-0.3, -0.25) is 9.78 Å². The SMILES string of the molecule is O=C(Cc1ccc(Br)cn1)OCc1ccccc1. The van der Waals surface area contributed by atoms with E-state index in [9.17, 15) is 4.79 Å². The summed E-state index contributed by atoms with van der Waals surface area (Å²) in [7, 11) is 0. The van der Waals surface area contributed by atoms with Crippen molar-refractivity contribution < 1.29 is 9.53 Å². The highest BCUT2D eigenvalue weighted by Gasteiger charge is 2.06. The van der Waals surface area contributed by atoms with Crippen LogP contribution >= 0.6 is 15.9 Å².